The van der Waals surface area contributed by atoms with E-state index < -0.39 is 5.60 Å². The van der Waals surface area contributed by atoms with E-state index in [4.69, 9.17) is 10.5 Å². The van der Waals surface area contributed by atoms with Gasteiger partial charge < -0.3 is 15.4 Å². The molecular formula is C14H29N3O2. The first-order valence-electron chi connectivity index (χ1n) is 7.29. The summed E-state index contributed by atoms with van der Waals surface area (Å²) in [6.07, 6.45) is 2.12. The fraction of sp³-hybridized carbons (Fsp3) is 0.929. The zero-order valence-electron chi connectivity index (χ0n) is 12.8. The summed E-state index contributed by atoms with van der Waals surface area (Å²) in [6.45, 7) is 11.8. The van der Waals surface area contributed by atoms with Gasteiger partial charge in [-0.25, -0.2) is 4.79 Å². The number of likely N-dealkylation sites (N-methyl/N-ethyl adjacent to an activating group) is 1. The number of carbonyl (C=O) groups is 1. The number of nitrogens with zero attached hydrogens (tertiary/aromatic N) is 2. The Hall–Kier alpha value is -0.810. The summed E-state index contributed by atoms with van der Waals surface area (Å²) < 4.78 is 5.44. The van der Waals surface area contributed by atoms with Gasteiger partial charge in [0.15, 0.2) is 0 Å². The molecule has 1 rings (SSSR count). The Morgan fingerprint density at radius 2 is 2.16 bits per heavy atom. The summed E-state index contributed by atoms with van der Waals surface area (Å²) in [5.74, 6) is 0. The molecule has 0 bridgehead atoms. The topological polar surface area (TPSA) is 58.8 Å². The summed E-state index contributed by atoms with van der Waals surface area (Å²) >= 11 is 0. The number of rotatable bonds is 5. The molecule has 0 aromatic rings. The number of carbonyl (C=O) groups excluding carboxylic acids is 1. The van der Waals surface area contributed by atoms with Crippen molar-refractivity contribution < 1.29 is 9.53 Å². The quantitative estimate of drug-likeness (QED) is 0.826. The molecule has 5 nitrogen and oxygen atoms in total. The normalized spacial score (nSPS) is 20.6. The largest absolute Gasteiger partial charge is 0.444 e. The first-order chi connectivity index (χ1) is 8.87. The molecule has 5 heteroatoms. The third-order valence-electron chi connectivity index (χ3n) is 3.38. The highest BCUT2D eigenvalue weighted by Crippen LogP contribution is 2.18. The van der Waals surface area contributed by atoms with E-state index in [-0.39, 0.29) is 6.09 Å². The highest BCUT2D eigenvalue weighted by molar-refractivity contribution is 5.68. The second kappa shape index (κ2) is 7.10. The first kappa shape index (κ1) is 16.2. The molecule has 1 fully saturated rings. The van der Waals surface area contributed by atoms with Crippen LogP contribution >= 0.6 is 0 Å². The second-order valence-electron chi connectivity index (χ2n) is 6.14. The lowest BCUT2D eigenvalue weighted by Gasteiger charge is -2.31. The van der Waals surface area contributed by atoms with Gasteiger partial charge in [-0.3, -0.25) is 4.90 Å². The zero-order chi connectivity index (χ0) is 14.5. The van der Waals surface area contributed by atoms with Crippen molar-refractivity contribution >= 4 is 6.09 Å². The van der Waals surface area contributed by atoms with Crippen molar-refractivity contribution in [1.29, 1.82) is 0 Å². The average molecular weight is 271 g/mol. The van der Waals surface area contributed by atoms with Crippen LogP contribution in [0.25, 0.3) is 0 Å². The summed E-state index contributed by atoms with van der Waals surface area (Å²) in [5.41, 5.74) is 5.20. The average Bonchev–Trinajstić information content (AvgIpc) is 2.71. The SMILES string of the molecule is CCN(C[C@H]1CCCN1CCN)C(=O)OC(C)(C)C. The molecule has 1 aliphatic rings. The lowest BCUT2D eigenvalue weighted by Crippen LogP contribution is -2.45. The molecule has 19 heavy (non-hydrogen) atoms. The van der Waals surface area contributed by atoms with Crippen molar-refractivity contribution in [3.8, 4) is 0 Å². The van der Waals surface area contributed by atoms with E-state index in [1.807, 2.05) is 27.7 Å². The summed E-state index contributed by atoms with van der Waals surface area (Å²) in [5, 5.41) is 0. The molecule has 112 valence electrons. The Morgan fingerprint density at radius 3 is 2.68 bits per heavy atom. The second-order valence-corrected chi connectivity index (χ2v) is 6.14. The zero-order valence-corrected chi connectivity index (χ0v) is 12.8. The van der Waals surface area contributed by atoms with Gasteiger partial charge in [0, 0.05) is 32.2 Å². The number of likely N-dealkylation sites (tertiary alicyclic amines) is 1. The van der Waals surface area contributed by atoms with Crippen LogP contribution in [0.15, 0.2) is 0 Å². The Kier molecular flexibility index (Phi) is 6.07. The first-order valence-corrected chi connectivity index (χ1v) is 7.29. The minimum absolute atomic E-state index is 0.213. The molecule has 1 heterocycles. The molecule has 0 aromatic heterocycles. The van der Waals surface area contributed by atoms with Gasteiger partial charge in [-0.1, -0.05) is 0 Å². The molecule has 0 aromatic carbocycles. The molecule has 1 saturated heterocycles. The number of hydrogen-bond acceptors (Lipinski definition) is 4. The van der Waals surface area contributed by atoms with E-state index in [0.29, 0.717) is 19.1 Å². The molecule has 0 saturated carbocycles. The maximum Gasteiger partial charge on any atom is 0.410 e. The predicted molar refractivity (Wildman–Crippen MR) is 77.1 cm³/mol. The minimum atomic E-state index is -0.433. The molecule has 1 atom stereocenters. The fourth-order valence-corrected chi connectivity index (χ4v) is 2.48. The highest BCUT2D eigenvalue weighted by Gasteiger charge is 2.29. The van der Waals surface area contributed by atoms with Crippen LogP contribution in [0.1, 0.15) is 40.5 Å². The lowest BCUT2D eigenvalue weighted by atomic mass is 10.2. The number of amides is 1. The van der Waals surface area contributed by atoms with Gasteiger partial charge in [0.25, 0.3) is 0 Å². The smallest absolute Gasteiger partial charge is 0.410 e. The van der Waals surface area contributed by atoms with Crippen molar-refractivity contribution in [3.63, 3.8) is 0 Å². The molecule has 0 spiro atoms. The van der Waals surface area contributed by atoms with Gasteiger partial charge in [-0.05, 0) is 47.1 Å². The van der Waals surface area contributed by atoms with Crippen LogP contribution in [-0.4, -0.2) is 60.3 Å². The standard InChI is InChI=1S/C14H29N3O2/c1-5-16(13(18)19-14(2,3)4)11-12-7-6-9-17(12)10-8-15/h12H,5-11,15H2,1-4H3/t12-/m1/s1. The number of hydrogen-bond donors (Lipinski definition) is 1. The number of ether oxygens (including phenoxy) is 1. The summed E-state index contributed by atoms with van der Waals surface area (Å²) in [6, 6.07) is 0.427. The fourth-order valence-electron chi connectivity index (χ4n) is 2.48. The molecule has 0 radical (unpaired) electrons. The van der Waals surface area contributed by atoms with E-state index in [9.17, 15) is 4.79 Å². The van der Waals surface area contributed by atoms with Crippen molar-refractivity contribution in [2.45, 2.75) is 52.2 Å². The molecular weight excluding hydrogens is 242 g/mol. The van der Waals surface area contributed by atoms with E-state index in [1.165, 1.54) is 6.42 Å². The van der Waals surface area contributed by atoms with Crippen molar-refractivity contribution in [2.75, 3.05) is 32.7 Å². The minimum Gasteiger partial charge on any atom is -0.444 e. The lowest BCUT2D eigenvalue weighted by molar-refractivity contribution is 0.0216. The van der Waals surface area contributed by atoms with Gasteiger partial charge in [-0.2, -0.15) is 0 Å². The molecule has 1 amide bonds. The Bertz CT molecular complexity index is 289. The maximum absolute atomic E-state index is 12.1. The van der Waals surface area contributed by atoms with Crippen LogP contribution in [0.4, 0.5) is 4.79 Å². The van der Waals surface area contributed by atoms with Crippen LogP contribution in [0, 0.1) is 0 Å². The van der Waals surface area contributed by atoms with E-state index >= 15 is 0 Å². The van der Waals surface area contributed by atoms with Gasteiger partial charge >= 0.3 is 6.09 Å². The molecule has 0 aliphatic carbocycles. The third-order valence-corrected chi connectivity index (χ3v) is 3.38. The Balaban J connectivity index is 2.53. The summed E-state index contributed by atoms with van der Waals surface area (Å²) in [7, 11) is 0. The van der Waals surface area contributed by atoms with Crippen LogP contribution in [0.5, 0.6) is 0 Å². The van der Waals surface area contributed by atoms with Crippen LogP contribution in [0.2, 0.25) is 0 Å². The van der Waals surface area contributed by atoms with E-state index in [1.54, 1.807) is 4.90 Å². The molecule has 1 aliphatic heterocycles. The maximum atomic E-state index is 12.1. The van der Waals surface area contributed by atoms with Gasteiger partial charge in [0.1, 0.15) is 5.60 Å². The predicted octanol–water partition coefficient (Wildman–Crippen LogP) is 1.67. The van der Waals surface area contributed by atoms with Crippen LogP contribution < -0.4 is 5.73 Å². The van der Waals surface area contributed by atoms with Gasteiger partial charge in [0.05, 0.1) is 0 Å². The molecule has 2 N–H and O–H groups in total. The number of nitrogens with two attached hydrogens (primary N) is 1. The Labute approximate surface area is 117 Å². The van der Waals surface area contributed by atoms with E-state index in [2.05, 4.69) is 4.90 Å². The van der Waals surface area contributed by atoms with Crippen molar-refractivity contribution in [3.05, 3.63) is 0 Å². The Morgan fingerprint density at radius 1 is 1.47 bits per heavy atom. The molecule has 0 unspecified atom stereocenters. The van der Waals surface area contributed by atoms with Gasteiger partial charge in [-0.15, -0.1) is 0 Å². The summed E-state index contributed by atoms with van der Waals surface area (Å²) in [4.78, 5) is 16.3. The van der Waals surface area contributed by atoms with Gasteiger partial charge in [0.2, 0.25) is 0 Å². The highest BCUT2D eigenvalue weighted by atomic mass is 16.6. The third kappa shape index (κ3) is 5.37. The van der Waals surface area contributed by atoms with Crippen LogP contribution in [0.3, 0.4) is 0 Å². The van der Waals surface area contributed by atoms with Crippen molar-refractivity contribution in [1.82, 2.24) is 9.80 Å². The van der Waals surface area contributed by atoms with Crippen LogP contribution in [-0.2, 0) is 4.74 Å². The monoisotopic (exact) mass is 271 g/mol. The van der Waals surface area contributed by atoms with Crippen molar-refractivity contribution in [2.24, 2.45) is 5.73 Å². The van der Waals surface area contributed by atoms with E-state index in [0.717, 1.165) is 26.1 Å².